The number of benzene rings is 2. The van der Waals surface area contributed by atoms with Crippen LogP contribution in [0.15, 0.2) is 41.3 Å². The molecule has 11 heteroatoms. The van der Waals surface area contributed by atoms with Crippen LogP contribution in [0.25, 0.3) is 0 Å². The van der Waals surface area contributed by atoms with Crippen LogP contribution in [0.4, 0.5) is 14.5 Å². The molecule has 0 unspecified atom stereocenters. The van der Waals surface area contributed by atoms with Gasteiger partial charge in [0, 0.05) is 25.7 Å². The zero-order valence-electron chi connectivity index (χ0n) is 15.3. The molecule has 0 saturated carbocycles. The molecular weight excluding hydrogens is 398 g/mol. The number of hydrogen-bond acceptors (Lipinski definition) is 6. The van der Waals surface area contributed by atoms with Crippen molar-refractivity contribution >= 4 is 15.7 Å². The van der Waals surface area contributed by atoms with E-state index >= 15 is 0 Å². The number of hydrogen-bond donors (Lipinski definition) is 0. The van der Waals surface area contributed by atoms with Crippen LogP contribution in [0.3, 0.4) is 0 Å². The van der Waals surface area contributed by atoms with Gasteiger partial charge in [0.15, 0.2) is 11.5 Å². The van der Waals surface area contributed by atoms with Gasteiger partial charge < -0.3 is 9.47 Å². The van der Waals surface area contributed by atoms with Crippen LogP contribution in [-0.4, -0.2) is 38.4 Å². The molecule has 2 aromatic rings. The summed E-state index contributed by atoms with van der Waals surface area (Å²) in [5.74, 6) is -0.156. The van der Waals surface area contributed by atoms with Crippen molar-refractivity contribution in [1.29, 1.82) is 0 Å². The topological polar surface area (TPSA) is 99.0 Å². The summed E-state index contributed by atoms with van der Waals surface area (Å²) in [5, 5.41) is 10.9. The van der Waals surface area contributed by atoms with E-state index in [4.69, 9.17) is 4.74 Å². The lowest BCUT2D eigenvalue weighted by Crippen LogP contribution is -2.27. The number of nitrogens with zero attached hydrogens (tertiary/aromatic N) is 2. The van der Waals surface area contributed by atoms with Crippen molar-refractivity contribution in [2.45, 2.75) is 25.0 Å². The summed E-state index contributed by atoms with van der Waals surface area (Å²) in [5.41, 5.74) is 0.469. The van der Waals surface area contributed by atoms with Gasteiger partial charge in [-0.2, -0.15) is 13.1 Å². The SMILES string of the molecule is COc1cc(CN(C)S(=O)(=O)c2cc([N+](=O)[O-])ccc2C)ccc1OC(F)F. The molecule has 0 amide bonds. The van der Waals surface area contributed by atoms with Crippen LogP contribution in [0.1, 0.15) is 11.1 Å². The van der Waals surface area contributed by atoms with Gasteiger partial charge >= 0.3 is 6.61 Å². The first kappa shape index (κ1) is 21.5. The third-order valence-corrected chi connectivity index (χ3v) is 5.87. The van der Waals surface area contributed by atoms with Gasteiger partial charge in [0.05, 0.1) is 16.9 Å². The van der Waals surface area contributed by atoms with Gasteiger partial charge in [-0.05, 0) is 30.2 Å². The molecule has 0 radical (unpaired) electrons. The number of ether oxygens (including phenoxy) is 2. The molecule has 0 saturated heterocycles. The molecule has 0 N–H and O–H groups in total. The third kappa shape index (κ3) is 4.73. The third-order valence-electron chi connectivity index (χ3n) is 3.92. The standard InChI is InChI=1S/C17H18F2N2O6S/c1-11-4-6-13(21(22)23)9-16(11)28(24,25)20(2)10-12-5-7-14(27-17(18)19)15(8-12)26-3/h4-9,17H,10H2,1-3H3. The van der Waals surface area contributed by atoms with E-state index in [1.54, 1.807) is 0 Å². The molecule has 0 fully saturated rings. The second-order valence-electron chi connectivity index (χ2n) is 5.83. The number of non-ortho nitro benzene ring substituents is 1. The van der Waals surface area contributed by atoms with E-state index < -0.39 is 21.6 Å². The summed E-state index contributed by atoms with van der Waals surface area (Å²) < 4.78 is 60.8. The fourth-order valence-corrected chi connectivity index (χ4v) is 3.89. The minimum atomic E-state index is -4.04. The van der Waals surface area contributed by atoms with E-state index in [1.807, 2.05) is 0 Å². The first-order valence-corrected chi connectivity index (χ1v) is 9.33. The largest absolute Gasteiger partial charge is 0.493 e. The van der Waals surface area contributed by atoms with Crippen LogP contribution in [0, 0.1) is 17.0 Å². The Labute approximate surface area is 160 Å². The summed E-state index contributed by atoms with van der Waals surface area (Å²) in [7, 11) is -1.46. The van der Waals surface area contributed by atoms with Gasteiger partial charge in [0.2, 0.25) is 10.0 Å². The molecule has 0 aliphatic heterocycles. The number of halogens is 2. The Morgan fingerprint density at radius 1 is 1.18 bits per heavy atom. The minimum Gasteiger partial charge on any atom is -0.493 e. The molecule has 2 aromatic carbocycles. The predicted octanol–water partition coefficient (Wildman–Crippen LogP) is 3.33. The molecule has 0 aliphatic rings. The molecule has 0 atom stereocenters. The Morgan fingerprint density at radius 2 is 1.86 bits per heavy atom. The Hall–Kier alpha value is -2.79. The van der Waals surface area contributed by atoms with Crippen molar-refractivity contribution in [3.8, 4) is 11.5 Å². The highest BCUT2D eigenvalue weighted by Crippen LogP contribution is 2.31. The Bertz CT molecular complexity index is 982. The number of sulfonamides is 1. The van der Waals surface area contributed by atoms with Gasteiger partial charge in [-0.3, -0.25) is 10.1 Å². The van der Waals surface area contributed by atoms with E-state index in [-0.39, 0.29) is 28.6 Å². The lowest BCUT2D eigenvalue weighted by molar-refractivity contribution is -0.385. The molecule has 0 bridgehead atoms. The summed E-state index contributed by atoms with van der Waals surface area (Å²) in [6, 6.07) is 7.64. The quantitative estimate of drug-likeness (QED) is 0.483. The smallest absolute Gasteiger partial charge is 0.387 e. The summed E-state index contributed by atoms with van der Waals surface area (Å²) in [4.78, 5) is 10.1. The van der Waals surface area contributed by atoms with E-state index in [1.165, 1.54) is 51.4 Å². The Morgan fingerprint density at radius 3 is 2.43 bits per heavy atom. The summed E-state index contributed by atoms with van der Waals surface area (Å²) in [6.07, 6.45) is 0. The molecule has 2 rings (SSSR count). The zero-order valence-corrected chi connectivity index (χ0v) is 16.1. The minimum absolute atomic E-state index is 0.0233. The molecule has 0 aromatic heterocycles. The van der Waals surface area contributed by atoms with Crippen molar-refractivity contribution in [2.24, 2.45) is 0 Å². The monoisotopic (exact) mass is 416 g/mol. The first-order valence-electron chi connectivity index (χ1n) is 7.89. The number of nitro groups is 1. The predicted molar refractivity (Wildman–Crippen MR) is 96.1 cm³/mol. The van der Waals surface area contributed by atoms with Crippen molar-refractivity contribution < 1.29 is 31.6 Å². The maximum absolute atomic E-state index is 12.8. The average Bonchev–Trinajstić information content (AvgIpc) is 2.62. The van der Waals surface area contributed by atoms with Crippen molar-refractivity contribution in [3.05, 3.63) is 57.6 Å². The molecule has 152 valence electrons. The lowest BCUT2D eigenvalue weighted by Gasteiger charge is -2.19. The Kier molecular flexibility index (Phi) is 6.52. The number of methoxy groups -OCH3 is 1. The van der Waals surface area contributed by atoms with Crippen molar-refractivity contribution in [2.75, 3.05) is 14.2 Å². The van der Waals surface area contributed by atoms with E-state index in [0.29, 0.717) is 11.1 Å². The molecule has 0 spiro atoms. The molecule has 28 heavy (non-hydrogen) atoms. The summed E-state index contributed by atoms with van der Waals surface area (Å²) in [6.45, 7) is -1.61. The van der Waals surface area contributed by atoms with Crippen LogP contribution in [-0.2, 0) is 16.6 Å². The van der Waals surface area contributed by atoms with Gasteiger partial charge in [0.1, 0.15) is 0 Å². The first-order chi connectivity index (χ1) is 13.1. The van der Waals surface area contributed by atoms with Crippen LogP contribution in [0.2, 0.25) is 0 Å². The maximum atomic E-state index is 12.8. The van der Waals surface area contributed by atoms with E-state index in [9.17, 15) is 27.3 Å². The molecular formula is C17H18F2N2O6S. The van der Waals surface area contributed by atoms with Crippen LogP contribution >= 0.6 is 0 Å². The van der Waals surface area contributed by atoms with E-state index in [2.05, 4.69) is 4.74 Å². The normalized spacial score (nSPS) is 11.7. The number of aryl methyl sites for hydroxylation is 1. The van der Waals surface area contributed by atoms with Crippen molar-refractivity contribution in [1.82, 2.24) is 4.31 Å². The average molecular weight is 416 g/mol. The molecule has 0 aliphatic carbocycles. The number of nitro benzene ring substituents is 1. The highest BCUT2D eigenvalue weighted by molar-refractivity contribution is 7.89. The Balaban J connectivity index is 2.32. The maximum Gasteiger partial charge on any atom is 0.387 e. The van der Waals surface area contributed by atoms with Gasteiger partial charge in [-0.15, -0.1) is 0 Å². The van der Waals surface area contributed by atoms with Crippen molar-refractivity contribution in [3.63, 3.8) is 0 Å². The van der Waals surface area contributed by atoms with Gasteiger partial charge in [-0.1, -0.05) is 12.1 Å². The fourth-order valence-electron chi connectivity index (χ4n) is 2.49. The van der Waals surface area contributed by atoms with Gasteiger partial charge in [0.25, 0.3) is 5.69 Å². The molecule has 8 nitrogen and oxygen atoms in total. The lowest BCUT2D eigenvalue weighted by atomic mass is 10.2. The summed E-state index contributed by atoms with van der Waals surface area (Å²) >= 11 is 0. The second-order valence-corrected chi connectivity index (χ2v) is 7.85. The zero-order chi connectivity index (χ0) is 21.1. The highest BCUT2D eigenvalue weighted by Gasteiger charge is 2.25. The van der Waals surface area contributed by atoms with Gasteiger partial charge in [-0.25, -0.2) is 8.42 Å². The number of rotatable bonds is 8. The van der Waals surface area contributed by atoms with E-state index in [0.717, 1.165) is 10.4 Å². The second kappa shape index (κ2) is 8.48. The highest BCUT2D eigenvalue weighted by atomic mass is 32.2. The molecule has 0 heterocycles. The van der Waals surface area contributed by atoms with Crippen LogP contribution in [0.5, 0.6) is 11.5 Å². The fraction of sp³-hybridized carbons (Fsp3) is 0.294. The van der Waals surface area contributed by atoms with Crippen LogP contribution < -0.4 is 9.47 Å². The number of alkyl halides is 2.